The largest absolute Gasteiger partial charge is 0.380 e. The summed E-state index contributed by atoms with van der Waals surface area (Å²) in [6.45, 7) is 3.35. The quantitative estimate of drug-likeness (QED) is 0.898. The first-order chi connectivity index (χ1) is 9.69. The van der Waals surface area contributed by atoms with Crippen molar-refractivity contribution in [1.82, 2.24) is 10.2 Å². The highest BCUT2D eigenvalue weighted by Crippen LogP contribution is 2.17. The number of amides is 2. The Morgan fingerprint density at radius 1 is 1.45 bits per heavy atom. The topological polar surface area (TPSA) is 58.6 Å². The average Bonchev–Trinajstić information content (AvgIpc) is 2.47. The molecular formula is C15H20N2O3. The van der Waals surface area contributed by atoms with Gasteiger partial charge in [-0.3, -0.25) is 9.59 Å². The Morgan fingerprint density at radius 3 is 2.90 bits per heavy atom. The maximum Gasteiger partial charge on any atom is 0.254 e. The molecule has 5 nitrogen and oxygen atoms in total. The molecule has 5 heteroatoms. The number of carbonyl (C=O) groups is 2. The van der Waals surface area contributed by atoms with Crippen LogP contribution < -0.4 is 5.32 Å². The number of hydrogen-bond acceptors (Lipinski definition) is 3. The van der Waals surface area contributed by atoms with E-state index in [0.717, 1.165) is 5.56 Å². The number of rotatable bonds is 4. The van der Waals surface area contributed by atoms with E-state index in [0.29, 0.717) is 31.7 Å². The lowest BCUT2D eigenvalue weighted by molar-refractivity contribution is -0.127. The molecule has 0 aliphatic carbocycles. The second kappa shape index (κ2) is 6.52. The molecule has 0 unspecified atom stereocenters. The van der Waals surface area contributed by atoms with Gasteiger partial charge in [-0.15, -0.1) is 0 Å². The third-order valence-corrected chi connectivity index (χ3v) is 3.53. The molecule has 2 rings (SSSR count). The van der Waals surface area contributed by atoms with Crippen molar-refractivity contribution in [2.24, 2.45) is 0 Å². The zero-order valence-corrected chi connectivity index (χ0v) is 11.9. The molecule has 20 heavy (non-hydrogen) atoms. The van der Waals surface area contributed by atoms with E-state index in [9.17, 15) is 9.59 Å². The van der Waals surface area contributed by atoms with Crippen molar-refractivity contribution in [3.63, 3.8) is 0 Å². The van der Waals surface area contributed by atoms with Crippen LogP contribution in [0.15, 0.2) is 24.3 Å². The van der Waals surface area contributed by atoms with Crippen LogP contribution in [0.2, 0.25) is 0 Å². The van der Waals surface area contributed by atoms with Crippen LogP contribution in [0.4, 0.5) is 0 Å². The maximum atomic E-state index is 12.7. The summed E-state index contributed by atoms with van der Waals surface area (Å²) >= 11 is 0. The van der Waals surface area contributed by atoms with Gasteiger partial charge in [-0.2, -0.15) is 0 Å². The van der Waals surface area contributed by atoms with Crippen LogP contribution in [0, 0.1) is 0 Å². The molecule has 0 radical (unpaired) electrons. The molecule has 108 valence electrons. The van der Waals surface area contributed by atoms with Crippen molar-refractivity contribution in [3.8, 4) is 0 Å². The standard InChI is InChI=1S/C15H20N2O3/c1-3-13-14(18)16-8-9-17(13)15(19)12-7-5-4-6-11(12)10-20-2/h4-7,13H,3,8-10H2,1-2H3,(H,16,18)/t13-/m1/s1. The summed E-state index contributed by atoms with van der Waals surface area (Å²) in [5.41, 5.74) is 1.46. The lowest BCUT2D eigenvalue weighted by Crippen LogP contribution is -2.57. The van der Waals surface area contributed by atoms with Crippen LogP contribution in [-0.2, 0) is 16.1 Å². The zero-order chi connectivity index (χ0) is 14.5. The first-order valence-electron chi connectivity index (χ1n) is 6.84. The number of piperazine rings is 1. The first-order valence-corrected chi connectivity index (χ1v) is 6.84. The van der Waals surface area contributed by atoms with E-state index >= 15 is 0 Å². The molecule has 1 saturated heterocycles. The summed E-state index contributed by atoms with van der Waals surface area (Å²) in [4.78, 5) is 26.2. The smallest absolute Gasteiger partial charge is 0.254 e. The molecule has 1 atom stereocenters. The molecule has 1 aliphatic rings. The van der Waals surface area contributed by atoms with Crippen molar-refractivity contribution in [2.45, 2.75) is 26.0 Å². The van der Waals surface area contributed by atoms with Gasteiger partial charge in [0, 0.05) is 25.8 Å². The molecule has 1 aromatic carbocycles. The van der Waals surface area contributed by atoms with E-state index < -0.39 is 0 Å². The summed E-state index contributed by atoms with van der Waals surface area (Å²) in [5.74, 6) is -0.171. The Kier molecular flexibility index (Phi) is 4.74. The van der Waals surface area contributed by atoms with Gasteiger partial charge in [0.15, 0.2) is 0 Å². The maximum absolute atomic E-state index is 12.7. The molecule has 1 aromatic rings. The monoisotopic (exact) mass is 276 g/mol. The van der Waals surface area contributed by atoms with Crippen LogP contribution in [-0.4, -0.2) is 43.0 Å². The number of nitrogens with zero attached hydrogens (tertiary/aromatic N) is 1. The molecule has 0 saturated carbocycles. The minimum atomic E-state index is -0.383. The van der Waals surface area contributed by atoms with Gasteiger partial charge in [-0.25, -0.2) is 0 Å². The van der Waals surface area contributed by atoms with E-state index in [1.807, 2.05) is 25.1 Å². The van der Waals surface area contributed by atoms with Gasteiger partial charge in [0.2, 0.25) is 5.91 Å². The van der Waals surface area contributed by atoms with Gasteiger partial charge >= 0.3 is 0 Å². The fraction of sp³-hybridized carbons (Fsp3) is 0.467. The second-order valence-electron chi connectivity index (χ2n) is 4.80. The Hall–Kier alpha value is -1.88. The summed E-state index contributed by atoms with van der Waals surface area (Å²) in [5, 5.41) is 2.80. The van der Waals surface area contributed by atoms with Crippen molar-refractivity contribution in [3.05, 3.63) is 35.4 Å². The van der Waals surface area contributed by atoms with Crippen LogP contribution >= 0.6 is 0 Å². The summed E-state index contributed by atoms with van der Waals surface area (Å²) < 4.78 is 5.13. The molecule has 1 aliphatic heterocycles. The molecule has 0 spiro atoms. The fourth-order valence-corrected chi connectivity index (χ4v) is 2.53. The molecule has 0 bridgehead atoms. The predicted molar refractivity (Wildman–Crippen MR) is 75.3 cm³/mol. The highest BCUT2D eigenvalue weighted by Gasteiger charge is 2.32. The third-order valence-electron chi connectivity index (χ3n) is 3.53. The third kappa shape index (κ3) is 2.82. The van der Waals surface area contributed by atoms with Crippen molar-refractivity contribution < 1.29 is 14.3 Å². The molecule has 1 N–H and O–H groups in total. The van der Waals surface area contributed by atoms with Gasteiger partial charge in [0.25, 0.3) is 5.91 Å². The van der Waals surface area contributed by atoms with Crippen molar-refractivity contribution >= 4 is 11.8 Å². The van der Waals surface area contributed by atoms with E-state index in [4.69, 9.17) is 4.74 Å². The van der Waals surface area contributed by atoms with Crippen LogP contribution in [0.3, 0.4) is 0 Å². The summed E-state index contributed by atoms with van der Waals surface area (Å²) in [6.07, 6.45) is 0.615. The number of nitrogens with one attached hydrogen (secondary N) is 1. The Labute approximate surface area is 118 Å². The van der Waals surface area contributed by atoms with Crippen molar-refractivity contribution in [2.75, 3.05) is 20.2 Å². The molecule has 2 amide bonds. The number of methoxy groups -OCH3 is 1. The van der Waals surface area contributed by atoms with Gasteiger partial charge in [-0.1, -0.05) is 25.1 Å². The van der Waals surface area contributed by atoms with E-state index in [2.05, 4.69) is 5.32 Å². The van der Waals surface area contributed by atoms with Gasteiger partial charge in [-0.05, 0) is 18.1 Å². The second-order valence-corrected chi connectivity index (χ2v) is 4.80. The van der Waals surface area contributed by atoms with Gasteiger partial charge in [0.05, 0.1) is 6.61 Å². The van der Waals surface area contributed by atoms with E-state index in [1.165, 1.54) is 0 Å². The minimum absolute atomic E-state index is 0.0728. The predicted octanol–water partition coefficient (Wildman–Crippen LogP) is 1.18. The Morgan fingerprint density at radius 2 is 2.20 bits per heavy atom. The van der Waals surface area contributed by atoms with Crippen molar-refractivity contribution in [1.29, 1.82) is 0 Å². The average molecular weight is 276 g/mol. The Balaban J connectivity index is 2.28. The van der Waals surface area contributed by atoms with Gasteiger partial charge in [0.1, 0.15) is 6.04 Å². The number of ether oxygens (including phenoxy) is 1. The SMILES string of the molecule is CC[C@@H]1C(=O)NCCN1C(=O)c1ccccc1COC. The fourth-order valence-electron chi connectivity index (χ4n) is 2.53. The lowest BCUT2D eigenvalue weighted by Gasteiger charge is -2.34. The minimum Gasteiger partial charge on any atom is -0.380 e. The van der Waals surface area contributed by atoms with Crippen LogP contribution in [0.25, 0.3) is 0 Å². The highest BCUT2D eigenvalue weighted by atomic mass is 16.5. The zero-order valence-electron chi connectivity index (χ0n) is 11.9. The lowest BCUT2D eigenvalue weighted by atomic mass is 10.0. The van der Waals surface area contributed by atoms with Gasteiger partial charge < -0.3 is 15.0 Å². The van der Waals surface area contributed by atoms with Crippen LogP contribution in [0.5, 0.6) is 0 Å². The van der Waals surface area contributed by atoms with Crippen LogP contribution in [0.1, 0.15) is 29.3 Å². The van der Waals surface area contributed by atoms with E-state index in [1.54, 1.807) is 18.1 Å². The first kappa shape index (κ1) is 14.5. The normalized spacial score (nSPS) is 18.8. The number of benzene rings is 1. The molecule has 1 fully saturated rings. The molecular weight excluding hydrogens is 256 g/mol. The summed E-state index contributed by atoms with van der Waals surface area (Å²) in [7, 11) is 1.60. The molecule has 1 heterocycles. The Bertz CT molecular complexity index is 502. The number of carbonyl (C=O) groups excluding carboxylic acids is 2. The number of hydrogen-bond donors (Lipinski definition) is 1. The van der Waals surface area contributed by atoms with E-state index in [-0.39, 0.29) is 17.9 Å². The highest BCUT2D eigenvalue weighted by molar-refractivity contribution is 5.99. The summed E-state index contributed by atoms with van der Waals surface area (Å²) in [6, 6.07) is 6.99. The molecule has 0 aromatic heterocycles.